The number of carbonyl (C=O) groups is 1. The Morgan fingerprint density at radius 1 is 1.36 bits per heavy atom. The van der Waals surface area contributed by atoms with E-state index in [2.05, 4.69) is 24.8 Å². The lowest BCUT2D eigenvalue weighted by molar-refractivity contribution is -0.128. The molecule has 4 N–H and O–H groups in total. The van der Waals surface area contributed by atoms with E-state index in [0.717, 1.165) is 5.56 Å². The molecule has 3 aromatic rings. The van der Waals surface area contributed by atoms with Gasteiger partial charge in [0.2, 0.25) is 5.95 Å². The van der Waals surface area contributed by atoms with Crippen molar-refractivity contribution in [1.82, 2.24) is 24.6 Å². The van der Waals surface area contributed by atoms with Crippen LogP contribution in [0.25, 0.3) is 11.2 Å². The fraction of sp³-hybridized carbons (Fsp3) is 0.455. The highest BCUT2D eigenvalue weighted by atomic mass is 35.5. The highest BCUT2D eigenvalue weighted by molar-refractivity contribution is 7.50. The van der Waals surface area contributed by atoms with Crippen molar-refractivity contribution in [2.45, 2.75) is 40.0 Å². The molecule has 1 unspecified atom stereocenters. The number of aromatic nitrogens is 4. The highest BCUT2D eigenvalue weighted by Crippen LogP contribution is 2.35. The number of ether oxygens (including phenoxy) is 3. The van der Waals surface area contributed by atoms with Crippen molar-refractivity contribution in [3.05, 3.63) is 45.5 Å². The molecule has 2 aromatic heterocycles. The second-order valence-corrected chi connectivity index (χ2v) is 9.49. The molecule has 0 aliphatic carbocycles. The predicted octanol–water partition coefficient (Wildman–Crippen LogP) is 3.04. The summed E-state index contributed by atoms with van der Waals surface area (Å²) in [6, 6.07) is 5.80. The number of halogens is 1. The number of aromatic amines is 1. The van der Waals surface area contributed by atoms with Crippen molar-refractivity contribution in [3.63, 3.8) is 0 Å². The molecule has 2 heterocycles. The van der Waals surface area contributed by atoms with Gasteiger partial charge in [0.15, 0.2) is 11.2 Å². The van der Waals surface area contributed by atoms with Gasteiger partial charge in [-0.15, -0.1) is 0 Å². The molecule has 0 saturated heterocycles. The number of anilines is 1. The molecule has 1 atom stereocenters. The number of nitrogen functional groups attached to an aromatic ring is 1. The summed E-state index contributed by atoms with van der Waals surface area (Å²) in [5.74, 6) is 0.679. The van der Waals surface area contributed by atoms with Crippen molar-refractivity contribution in [1.29, 1.82) is 0 Å². The molecule has 1 aromatic carbocycles. The fourth-order valence-electron chi connectivity index (χ4n) is 2.86. The van der Waals surface area contributed by atoms with E-state index < -0.39 is 8.30 Å². The average Bonchev–Trinajstić information content (AvgIpc) is 3.24. The van der Waals surface area contributed by atoms with Crippen LogP contribution in [-0.4, -0.2) is 58.7 Å². The Morgan fingerprint density at radius 2 is 2.14 bits per heavy atom. The van der Waals surface area contributed by atoms with Gasteiger partial charge in [0, 0.05) is 12.6 Å². The number of rotatable bonds is 13. The van der Waals surface area contributed by atoms with Crippen LogP contribution in [-0.2, 0) is 31.9 Å². The predicted molar refractivity (Wildman–Crippen MR) is 139 cm³/mol. The number of imidazole rings is 1. The van der Waals surface area contributed by atoms with Gasteiger partial charge in [-0.1, -0.05) is 17.7 Å². The molecular formula is C22H32ClN6O6P. The van der Waals surface area contributed by atoms with E-state index in [1.54, 1.807) is 24.9 Å². The number of hydrogen-bond donors (Lipinski definition) is 3. The van der Waals surface area contributed by atoms with Gasteiger partial charge in [0.25, 0.3) is 12.0 Å². The van der Waals surface area contributed by atoms with Crippen LogP contribution in [0.2, 0.25) is 5.02 Å². The number of nitrogens with two attached hydrogens (primary N) is 1. The van der Waals surface area contributed by atoms with E-state index in [9.17, 15) is 9.59 Å². The standard InChI is InChI=1S/C19H26ClN6O4P.C3H6O2/c1-12(2)25-31(30-9-13-4-5-15(28-3)14(20)8-13)11-29-7-6-26-10-22-16-17(26)23-19(21)24-18(16)27;1-2-5-3-4/h4-5,8,10,12,25H,6-7,9,11H2,1-3H3,(H3,21,23,24,27);3H,2H2,1H3. The normalized spacial score (nSPS) is 11.7. The summed E-state index contributed by atoms with van der Waals surface area (Å²) in [7, 11) is 0.559. The van der Waals surface area contributed by atoms with E-state index in [4.69, 9.17) is 31.3 Å². The molecule has 0 spiro atoms. The molecule has 12 nitrogen and oxygen atoms in total. The van der Waals surface area contributed by atoms with Crippen LogP contribution < -0.4 is 21.1 Å². The van der Waals surface area contributed by atoms with Gasteiger partial charge in [-0.25, -0.2) is 4.98 Å². The Labute approximate surface area is 215 Å². The molecule has 0 radical (unpaired) electrons. The second kappa shape index (κ2) is 15.4. The highest BCUT2D eigenvalue weighted by Gasteiger charge is 2.13. The van der Waals surface area contributed by atoms with Gasteiger partial charge in [-0.3, -0.25) is 19.7 Å². The molecule has 0 saturated carbocycles. The van der Waals surface area contributed by atoms with Crippen LogP contribution in [0.15, 0.2) is 29.3 Å². The minimum atomic E-state index is -1.02. The first-order valence-corrected chi connectivity index (χ1v) is 12.9. The first-order valence-electron chi connectivity index (χ1n) is 11.1. The lowest BCUT2D eigenvalue weighted by atomic mass is 10.2. The van der Waals surface area contributed by atoms with E-state index in [1.807, 2.05) is 32.0 Å². The Morgan fingerprint density at radius 3 is 2.75 bits per heavy atom. The molecule has 0 amide bonds. The summed E-state index contributed by atoms with van der Waals surface area (Å²) in [4.78, 5) is 31.7. The molecule has 14 heteroatoms. The van der Waals surface area contributed by atoms with Gasteiger partial charge in [-0.2, -0.15) is 4.98 Å². The topological polar surface area (TPSA) is 156 Å². The number of nitrogens with one attached hydrogen (secondary N) is 2. The molecule has 0 aliphatic heterocycles. The number of hydrogen-bond acceptors (Lipinski definition) is 10. The van der Waals surface area contributed by atoms with Crippen LogP contribution in [0.3, 0.4) is 0 Å². The Hall–Kier alpha value is -2.76. The number of fused-ring (bicyclic) bond motifs is 1. The van der Waals surface area contributed by atoms with Crippen molar-refractivity contribution < 1.29 is 23.5 Å². The minimum Gasteiger partial charge on any atom is -0.495 e. The SMILES string of the molecule is CCOC=O.COc1ccc(COP(COCCn2cnc3c(=O)[nH]c(N)nc32)NC(C)C)cc1Cl. The van der Waals surface area contributed by atoms with Gasteiger partial charge < -0.3 is 29.0 Å². The van der Waals surface area contributed by atoms with E-state index in [1.165, 1.54) is 0 Å². The van der Waals surface area contributed by atoms with E-state index in [-0.39, 0.29) is 23.1 Å². The maximum Gasteiger partial charge on any atom is 0.293 e. The summed E-state index contributed by atoms with van der Waals surface area (Å²) in [5, 5.41) is 3.94. The maximum absolute atomic E-state index is 11.9. The van der Waals surface area contributed by atoms with Crippen LogP contribution in [0.1, 0.15) is 26.3 Å². The molecule has 36 heavy (non-hydrogen) atoms. The number of nitrogens with zero attached hydrogens (tertiary/aromatic N) is 3. The lowest BCUT2D eigenvalue weighted by Crippen LogP contribution is -2.21. The molecule has 0 bridgehead atoms. The summed E-state index contributed by atoms with van der Waals surface area (Å²) in [6.45, 7) is 8.04. The molecule has 3 rings (SSSR count). The quantitative estimate of drug-likeness (QED) is 0.167. The molecule has 0 aliphatic rings. The number of H-pyrrole nitrogens is 1. The summed E-state index contributed by atoms with van der Waals surface area (Å²) < 4.78 is 22.9. The zero-order valence-corrected chi connectivity index (χ0v) is 22.3. The maximum atomic E-state index is 11.9. The third-order valence-corrected chi connectivity index (χ3v) is 6.38. The van der Waals surface area contributed by atoms with E-state index in [0.29, 0.717) is 55.6 Å². The van der Waals surface area contributed by atoms with Crippen LogP contribution in [0.5, 0.6) is 5.75 Å². The number of methoxy groups -OCH3 is 1. The molecular weight excluding hydrogens is 511 g/mol. The first-order chi connectivity index (χ1) is 17.3. The van der Waals surface area contributed by atoms with Crippen molar-refractivity contribution in [2.24, 2.45) is 0 Å². The monoisotopic (exact) mass is 542 g/mol. The minimum absolute atomic E-state index is 0.0526. The third-order valence-electron chi connectivity index (χ3n) is 4.42. The second-order valence-electron chi connectivity index (χ2n) is 7.55. The van der Waals surface area contributed by atoms with E-state index >= 15 is 0 Å². The molecule has 0 fully saturated rings. The smallest absolute Gasteiger partial charge is 0.293 e. The number of carbonyl (C=O) groups excluding carboxylic acids is 1. The molecule has 198 valence electrons. The van der Waals surface area contributed by atoms with Crippen LogP contribution in [0, 0.1) is 0 Å². The Balaban J connectivity index is 0.000000830. The first kappa shape index (κ1) is 29.5. The zero-order valence-electron chi connectivity index (χ0n) is 20.7. The zero-order chi connectivity index (χ0) is 26.5. The average molecular weight is 543 g/mol. The largest absolute Gasteiger partial charge is 0.495 e. The van der Waals surface area contributed by atoms with Gasteiger partial charge in [-0.05, 0) is 38.5 Å². The number of benzene rings is 1. The Kier molecular flexibility index (Phi) is 12.6. The van der Waals surface area contributed by atoms with Gasteiger partial charge in [0.05, 0.1) is 38.3 Å². The van der Waals surface area contributed by atoms with Crippen molar-refractivity contribution in [3.8, 4) is 5.75 Å². The van der Waals surface area contributed by atoms with Crippen LogP contribution >= 0.6 is 19.9 Å². The Bertz CT molecular complexity index is 1160. The summed E-state index contributed by atoms with van der Waals surface area (Å²) in [5.41, 5.74) is 6.89. The summed E-state index contributed by atoms with van der Waals surface area (Å²) in [6.07, 6.45) is 1.95. The fourth-order valence-corrected chi connectivity index (χ4v) is 4.54. The van der Waals surface area contributed by atoms with Crippen LogP contribution in [0.4, 0.5) is 5.95 Å². The lowest BCUT2D eigenvalue weighted by Gasteiger charge is -2.21. The van der Waals surface area contributed by atoms with Gasteiger partial charge >= 0.3 is 0 Å². The van der Waals surface area contributed by atoms with Crippen molar-refractivity contribution >= 4 is 43.5 Å². The third kappa shape index (κ3) is 9.36. The van der Waals surface area contributed by atoms with Crippen molar-refractivity contribution in [2.75, 3.05) is 32.4 Å². The van der Waals surface area contributed by atoms with Gasteiger partial charge in [0.1, 0.15) is 20.4 Å². The summed E-state index contributed by atoms with van der Waals surface area (Å²) >= 11 is 6.18.